The van der Waals surface area contributed by atoms with Crippen LogP contribution in [0.4, 0.5) is 10.1 Å². The molecule has 0 saturated carbocycles. The summed E-state index contributed by atoms with van der Waals surface area (Å²) in [6, 6.07) is 3.56. The van der Waals surface area contributed by atoms with E-state index in [4.69, 9.17) is 15.2 Å². The molecule has 1 unspecified atom stereocenters. The third-order valence-electron chi connectivity index (χ3n) is 2.41. The SMILES string of the molecule is CCOC(=O)C(CC)OC(=O)c1ccc(N)c(F)c1. The lowest BCUT2D eigenvalue weighted by molar-refractivity contribution is -0.153. The Morgan fingerprint density at radius 1 is 1.37 bits per heavy atom. The Labute approximate surface area is 110 Å². The Morgan fingerprint density at radius 2 is 2.05 bits per heavy atom. The van der Waals surface area contributed by atoms with E-state index in [1.807, 2.05) is 0 Å². The van der Waals surface area contributed by atoms with Crippen LogP contribution < -0.4 is 5.73 Å². The van der Waals surface area contributed by atoms with Crippen molar-refractivity contribution in [2.24, 2.45) is 0 Å². The van der Waals surface area contributed by atoms with Gasteiger partial charge in [0, 0.05) is 0 Å². The second kappa shape index (κ2) is 6.72. The van der Waals surface area contributed by atoms with E-state index in [0.29, 0.717) is 0 Å². The fourth-order valence-corrected chi connectivity index (χ4v) is 1.38. The van der Waals surface area contributed by atoms with Crippen LogP contribution in [0.15, 0.2) is 18.2 Å². The number of ether oxygens (including phenoxy) is 2. The molecule has 2 N–H and O–H groups in total. The van der Waals surface area contributed by atoms with Crippen LogP contribution in [-0.2, 0) is 14.3 Å². The van der Waals surface area contributed by atoms with E-state index in [1.54, 1.807) is 13.8 Å². The van der Waals surface area contributed by atoms with Gasteiger partial charge in [-0.1, -0.05) is 6.92 Å². The van der Waals surface area contributed by atoms with Gasteiger partial charge in [-0.05, 0) is 31.5 Å². The van der Waals surface area contributed by atoms with Crippen molar-refractivity contribution in [3.63, 3.8) is 0 Å². The first-order valence-electron chi connectivity index (χ1n) is 5.92. The Morgan fingerprint density at radius 3 is 2.58 bits per heavy atom. The summed E-state index contributed by atoms with van der Waals surface area (Å²) >= 11 is 0. The van der Waals surface area contributed by atoms with Crippen LogP contribution in [0.25, 0.3) is 0 Å². The summed E-state index contributed by atoms with van der Waals surface area (Å²) in [6.45, 7) is 3.53. The molecule has 0 saturated heterocycles. The number of nitrogen functional groups attached to an aromatic ring is 1. The Bertz CT molecular complexity index is 476. The van der Waals surface area contributed by atoms with Crippen LogP contribution in [0.5, 0.6) is 0 Å². The fourth-order valence-electron chi connectivity index (χ4n) is 1.38. The number of hydrogen-bond acceptors (Lipinski definition) is 5. The number of halogens is 1. The van der Waals surface area contributed by atoms with Gasteiger partial charge in [0.05, 0.1) is 17.9 Å². The van der Waals surface area contributed by atoms with Crippen molar-refractivity contribution in [1.82, 2.24) is 0 Å². The van der Waals surface area contributed by atoms with E-state index in [-0.39, 0.29) is 24.3 Å². The normalized spacial score (nSPS) is 11.7. The van der Waals surface area contributed by atoms with Gasteiger partial charge in [0.25, 0.3) is 0 Å². The molecule has 6 heteroatoms. The maximum Gasteiger partial charge on any atom is 0.347 e. The highest BCUT2D eigenvalue weighted by molar-refractivity contribution is 5.91. The van der Waals surface area contributed by atoms with Gasteiger partial charge in [-0.25, -0.2) is 14.0 Å². The first-order valence-corrected chi connectivity index (χ1v) is 5.92. The van der Waals surface area contributed by atoms with Crippen LogP contribution in [-0.4, -0.2) is 24.6 Å². The maximum absolute atomic E-state index is 13.2. The third-order valence-corrected chi connectivity index (χ3v) is 2.41. The zero-order chi connectivity index (χ0) is 14.4. The van der Waals surface area contributed by atoms with E-state index in [1.165, 1.54) is 12.1 Å². The van der Waals surface area contributed by atoms with Crippen molar-refractivity contribution in [3.05, 3.63) is 29.6 Å². The highest BCUT2D eigenvalue weighted by Crippen LogP contribution is 2.14. The van der Waals surface area contributed by atoms with Gasteiger partial charge in [-0.3, -0.25) is 0 Å². The summed E-state index contributed by atoms with van der Waals surface area (Å²) in [6.07, 6.45) is -0.713. The Balaban J connectivity index is 2.77. The van der Waals surface area contributed by atoms with E-state index < -0.39 is 23.9 Å². The molecule has 104 valence electrons. The summed E-state index contributed by atoms with van der Waals surface area (Å²) in [4.78, 5) is 23.2. The van der Waals surface area contributed by atoms with Gasteiger partial charge in [0.15, 0.2) is 6.10 Å². The summed E-state index contributed by atoms with van der Waals surface area (Å²) in [5.41, 5.74) is 5.24. The zero-order valence-electron chi connectivity index (χ0n) is 10.8. The summed E-state index contributed by atoms with van der Waals surface area (Å²) in [7, 11) is 0. The highest BCUT2D eigenvalue weighted by Gasteiger charge is 2.23. The molecule has 5 nitrogen and oxygen atoms in total. The summed E-state index contributed by atoms with van der Waals surface area (Å²) in [5.74, 6) is -2.12. The van der Waals surface area contributed by atoms with Crippen molar-refractivity contribution in [2.45, 2.75) is 26.4 Å². The maximum atomic E-state index is 13.2. The van der Waals surface area contributed by atoms with Crippen molar-refractivity contribution in [2.75, 3.05) is 12.3 Å². The van der Waals surface area contributed by atoms with Crippen LogP contribution in [0.1, 0.15) is 30.6 Å². The van der Waals surface area contributed by atoms with Gasteiger partial charge in [-0.15, -0.1) is 0 Å². The van der Waals surface area contributed by atoms with Crippen LogP contribution >= 0.6 is 0 Å². The number of benzene rings is 1. The number of esters is 2. The molecular weight excluding hydrogens is 253 g/mol. The average Bonchev–Trinajstić information content (AvgIpc) is 2.39. The minimum absolute atomic E-state index is 0.00514. The minimum atomic E-state index is -0.993. The van der Waals surface area contributed by atoms with Gasteiger partial charge >= 0.3 is 11.9 Å². The standard InChI is InChI=1S/C13H16FNO4/c1-3-11(13(17)18-4-2)19-12(16)8-5-6-10(15)9(14)7-8/h5-7,11H,3-4,15H2,1-2H3. The van der Waals surface area contributed by atoms with Crippen molar-refractivity contribution < 1.29 is 23.5 Å². The van der Waals surface area contributed by atoms with Crippen LogP contribution in [0.3, 0.4) is 0 Å². The van der Waals surface area contributed by atoms with Crippen molar-refractivity contribution in [1.29, 1.82) is 0 Å². The number of hydrogen-bond donors (Lipinski definition) is 1. The molecule has 0 bridgehead atoms. The molecule has 0 spiro atoms. The predicted octanol–water partition coefficient (Wildman–Crippen LogP) is 1.91. The molecule has 1 aromatic carbocycles. The van der Waals surface area contributed by atoms with Gasteiger partial charge in [-0.2, -0.15) is 0 Å². The molecule has 0 fully saturated rings. The number of nitrogens with two attached hydrogens (primary N) is 1. The summed E-state index contributed by atoms with van der Waals surface area (Å²) in [5, 5.41) is 0. The number of rotatable bonds is 5. The molecule has 0 radical (unpaired) electrons. The zero-order valence-corrected chi connectivity index (χ0v) is 10.8. The molecule has 19 heavy (non-hydrogen) atoms. The molecule has 0 amide bonds. The van der Waals surface area contributed by atoms with Crippen molar-refractivity contribution in [3.8, 4) is 0 Å². The lowest BCUT2D eigenvalue weighted by Gasteiger charge is -2.14. The van der Waals surface area contributed by atoms with Crippen molar-refractivity contribution >= 4 is 17.6 Å². The van der Waals surface area contributed by atoms with Crippen LogP contribution in [0, 0.1) is 5.82 Å². The second-order valence-corrected chi connectivity index (χ2v) is 3.79. The molecule has 1 aromatic rings. The molecule has 1 rings (SSSR count). The lowest BCUT2D eigenvalue weighted by atomic mass is 10.2. The second-order valence-electron chi connectivity index (χ2n) is 3.79. The van der Waals surface area contributed by atoms with E-state index in [2.05, 4.69) is 0 Å². The Hall–Kier alpha value is -2.11. The molecule has 0 aliphatic rings. The summed E-state index contributed by atoms with van der Waals surface area (Å²) < 4.78 is 23.0. The lowest BCUT2D eigenvalue weighted by Crippen LogP contribution is -2.28. The Kier molecular flexibility index (Phi) is 5.29. The third kappa shape index (κ3) is 3.94. The minimum Gasteiger partial charge on any atom is -0.463 e. The van der Waals surface area contributed by atoms with Gasteiger partial charge < -0.3 is 15.2 Å². The first kappa shape index (κ1) is 14.9. The number of carbonyl (C=O) groups is 2. The monoisotopic (exact) mass is 269 g/mol. The molecular formula is C13H16FNO4. The molecule has 0 aromatic heterocycles. The highest BCUT2D eigenvalue weighted by atomic mass is 19.1. The molecule has 0 aliphatic carbocycles. The van der Waals surface area contributed by atoms with Crippen LogP contribution in [0.2, 0.25) is 0 Å². The molecule has 1 atom stereocenters. The first-order chi connectivity index (χ1) is 8.99. The largest absolute Gasteiger partial charge is 0.463 e. The van der Waals surface area contributed by atoms with E-state index >= 15 is 0 Å². The topological polar surface area (TPSA) is 78.6 Å². The number of anilines is 1. The molecule has 0 aliphatic heterocycles. The quantitative estimate of drug-likeness (QED) is 0.652. The van der Waals surface area contributed by atoms with E-state index in [9.17, 15) is 14.0 Å². The predicted molar refractivity (Wildman–Crippen MR) is 66.9 cm³/mol. The van der Waals surface area contributed by atoms with Gasteiger partial charge in [0.2, 0.25) is 0 Å². The number of carbonyl (C=O) groups excluding carboxylic acids is 2. The average molecular weight is 269 g/mol. The van der Waals surface area contributed by atoms with E-state index in [0.717, 1.165) is 6.07 Å². The smallest absolute Gasteiger partial charge is 0.347 e. The molecule has 0 heterocycles. The fraction of sp³-hybridized carbons (Fsp3) is 0.385. The van der Waals surface area contributed by atoms with Gasteiger partial charge in [0.1, 0.15) is 5.82 Å².